The first-order chi connectivity index (χ1) is 10.2. The molecular weight excluding hydrogens is 260 g/mol. The molecule has 0 aliphatic heterocycles. The molecule has 0 radical (unpaired) electrons. The lowest BCUT2D eigenvalue weighted by molar-refractivity contribution is 0.131. The molecule has 1 aliphatic rings. The lowest BCUT2D eigenvalue weighted by Crippen LogP contribution is -2.46. The number of benzene rings is 1. The summed E-state index contributed by atoms with van der Waals surface area (Å²) in [7, 11) is 1.80. The summed E-state index contributed by atoms with van der Waals surface area (Å²) in [5.74, 6) is 0.846. The summed E-state index contributed by atoms with van der Waals surface area (Å²) in [5, 5.41) is 15.6. The van der Waals surface area contributed by atoms with Crippen LogP contribution >= 0.6 is 0 Å². The van der Waals surface area contributed by atoms with E-state index in [1.165, 1.54) is 25.7 Å². The maximum absolute atomic E-state index is 8.79. The van der Waals surface area contributed by atoms with Gasteiger partial charge in [0.2, 0.25) is 0 Å². The molecule has 1 aromatic rings. The van der Waals surface area contributed by atoms with Crippen molar-refractivity contribution < 1.29 is 0 Å². The van der Waals surface area contributed by atoms with Gasteiger partial charge in [0.15, 0.2) is 5.96 Å². The summed E-state index contributed by atoms with van der Waals surface area (Å²) < 4.78 is 0. The van der Waals surface area contributed by atoms with E-state index in [0.29, 0.717) is 17.5 Å². The monoisotopic (exact) mass is 284 g/mol. The van der Waals surface area contributed by atoms with Crippen molar-refractivity contribution >= 4 is 5.96 Å². The smallest absolute Gasteiger partial charge is 0.191 e. The van der Waals surface area contributed by atoms with Crippen molar-refractivity contribution in [1.82, 2.24) is 10.6 Å². The summed E-state index contributed by atoms with van der Waals surface area (Å²) in [6, 6.07) is 9.75. The van der Waals surface area contributed by atoms with Gasteiger partial charge in [0, 0.05) is 20.1 Å². The predicted octanol–water partition coefficient (Wildman–Crippen LogP) is 2.80. The number of rotatable bonds is 5. The second-order valence-corrected chi connectivity index (χ2v) is 5.80. The zero-order valence-corrected chi connectivity index (χ0v) is 12.9. The molecule has 0 spiro atoms. The zero-order valence-electron chi connectivity index (χ0n) is 12.9. The minimum Gasteiger partial charge on any atom is -0.356 e. The van der Waals surface area contributed by atoms with Crippen molar-refractivity contribution in [2.24, 2.45) is 10.4 Å². The molecule has 1 aliphatic carbocycles. The molecule has 1 aromatic carbocycles. The fourth-order valence-electron chi connectivity index (χ4n) is 2.71. The Kier molecular flexibility index (Phi) is 5.21. The third kappa shape index (κ3) is 3.98. The molecule has 2 rings (SSSR count). The highest BCUT2D eigenvalue weighted by Gasteiger charge is 2.34. The van der Waals surface area contributed by atoms with Gasteiger partial charge in [-0.1, -0.05) is 25.5 Å². The molecule has 1 saturated carbocycles. The van der Waals surface area contributed by atoms with Crippen molar-refractivity contribution in [3.8, 4) is 6.07 Å². The lowest BCUT2D eigenvalue weighted by Gasteiger charge is -2.41. The molecule has 0 bridgehead atoms. The molecule has 112 valence electrons. The standard InChI is InChI=1S/C17H24N4/c1-3-17(9-4-10-17)13-21-16(19-2)20-12-15-7-5-14(11-18)6-8-15/h5-8H,3-4,9-10,12-13H2,1-2H3,(H2,19,20,21). The van der Waals surface area contributed by atoms with Gasteiger partial charge in [-0.3, -0.25) is 4.99 Å². The van der Waals surface area contributed by atoms with E-state index < -0.39 is 0 Å². The van der Waals surface area contributed by atoms with Crippen LogP contribution in [0.4, 0.5) is 0 Å². The largest absolute Gasteiger partial charge is 0.356 e. The number of aliphatic imine (C=N–C) groups is 1. The van der Waals surface area contributed by atoms with E-state index in [2.05, 4.69) is 28.6 Å². The molecule has 0 unspecified atom stereocenters. The van der Waals surface area contributed by atoms with Crippen molar-refractivity contribution in [2.45, 2.75) is 39.2 Å². The third-order valence-electron chi connectivity index (χ3n) is 4.56. The predicted molar refractivity (Wildman–Crippen MR) is 85.9 cm³/mol. The SMILES string of the molecule is CCC1(CNC(=NC)NCc2ccc(C#N)cc2)CCC1. The fourth-order valence-corrected chi connectivity index (χ4v) is 2.71. The van der Waals surface area contributed by atoms with Crippen molar-refractivity contribution in [2.75, 3.05) is 13.6 Å². The van der Waals surface area contributed by atoms with E-state index in [0.717, 1.165) is 18.1 Å². The Morgan fingerprint density at radius 2 is 2.00 bits per heavy atom. The van der Waals surface area contributed by atoms with Gasteiger partial charge in [-0.25, -0.2) is 0 Å². The second-order valence-electron chi connectivity index (χ2n) is 5.80. The first kappa shape index (κ1) is 15.4. The van der Waals surface area contributed by atoms with Crippen molar-refractivity contribution in [1.29, 1.82) is 5.26 Å². The van der Waals surface area contributed by atoms with Crippen LogP contribution in [0.2, 0.25) is 0 Å². The van der Waals surface area contributed by atoms with Gasteiger partial charge in [-0.2, -0.15) is 5.26 Å². The summed E-state index contributed by atoms with van der Waals surface area (Å²) in [5.41, 5.74) is 2.31. The highest BCUT2D eigenvalue weighted by molar-refractivity contribution is 5.79. The highest BCUT2D eigenvalue weighted by Crippen LogP contribution is 2.42. The lowest BCUT2D eigenvalue weighted by atomic mass is 9.67. The van der Waals surface area contributed by atoms with E-state index in [-0.39, 0.29) is 0 Å². The van der Waals surface area contributed by atoms with Crippen LogP contribution in [0.1, 0.15) is 43.7 Å². The molecule has 0 aromatic heterocycles. The van der Waals surface area contributed by atoms with Crippen LogP contribution in [0.25, 0.3) is 0 Å². The van der Waals surface area contributed by atoms with Gasteiger partial charge in [0.1, 0.15) is 0 Å². The van der Waals surface area contributed by atoms with E-state index in [4.69, 9.17) is 5.26 Å². The average Bonchev–Trinajstić information content (AvgIpc) is 2.50. The van der Waals surface area contributed by atoms with Crippen LogP contribution in [0.3, 0.4) is 0 Å². The molecular formula is C17H24N4. The second kappa shape index (κ2) is 7.12. The first-order valence-corrected chi connectivity index (χ1v) is 7.65. The van der Waals surface area contributed by atoms with Gasteiger partial charge >= 0.3 is 0 Å². The van der Waals surface area contributed by atoms with E-state index in [9.17, 15) is 0 Å². The zero-order chi connectivity index (χ0) is 15.1. The number of hydrogen-bond acceptors (Lipinski definition) is 2. The number of nitriles is 1. The summed E-state index contributed by atoms with van der Waals surface area (Å²) in [4.78, 5) is 4.27. The number of nitrogens with zero attached hydrogens (tertiary/aromatic N) is 2. The fraction of sp³-hybridized carbons (Fsp3) is 0.529. The van der Waals surface area contributed by atoms with E-state index in [1.807, 2.05) is 24.3 Å². The molecule has 0 saturated heterocycles. The molecule has 0 amide bonds. The third-order valence-corrected chi connectivity index (χ3v) is 4.56. The van der Waals surface area contributed by atoms with E-state index >= 15 is 0 Å². The van der Waals surface area contributed by atoms with Crippen LogP contribution in [-0.4, -0.2) is 19.6 Å². The molecule has 4 nitrogen and oxygen atoms in total. The van der Waals surface area contributed by atoms with Crippen molar-refractivity contribution in [3.05, 3.63) is 35.4 Å². The maximum Gasteiger partial charge on any atom is 0.191 e. The Balaban J connectivity index is 1.81. The average molecular weight is 284 g/mol. The number of guanidine groups is 1. The molecule has 21 heavy (non-hydrogen) atoms. The summed E-state index contributed by atoms with van der Waals surface area (Å²) in [6.45, 7) is 3.98. The molecule has 0 atom stereocenters. The van der Waals surface area contributed by atoms with Gasteiger partial charge in [0.05, 0.1) is 11.6 Å². The Morgan fingerprint density at radius 3 is 2.48 bits per heavy atom. The highest BCUT2D eigenvalue weighted by atomic mass is 15.2. The normalized spacial score (nSPS) is 16.7. The summed E-state index contributed by atoms with van der Waals surface area (Å²) in [6.07, 6.45) is 5.23. The van der Waals surface area contributed by atoms with Crippen LogP contribution in [0.15, 0.2) is 29.3 Å². The Morgan fingerprint density at radius 1 is 1.29 bits per heavy atom. The topological polar surface area (TPSA) is 60.2 Å². The van der Waals surface area contributed by atoms with Crippen LogP contribution in [0, 0.1) is 16.7 Å². The van der Waals surface area contributed by atoms with Gasteiger partial charge in [-0.05, 0) is 42.4 Å². The Bertz CT molecular complexity index is 515. The van der Waals surface area contributed by atoms with Crippen LogP contribution in [0.5, 0.6) is 0 Å². The quantitative estimate of drug-likeness (QED) is 0.645. The molecule has 1 fully saturated rings. The summed E-state index contributed by atoms with van der Waals surface area (Å²) >= 11 is 0. The van der Waals surface area contributed by atoms with Crippen LogP contribution < -0.4 is 10.6 Å². The minimum atomic E-state index is 0.478. The van der Waals surface area contributed by atoms with Gasteiger partial charge in [-0.15, -0.1) is 0 Å². The maximum atomic E-state index is 8.79. The van der Waals surface area contributed by atoms with E-state index in [1.54, 1.807) is 7.05 Å². The molecule has 2 N–H and O–H groups in total. The van der Waals surface area contributed by atoms with Gasteiger partial charge in [0.25, 0.3) is 0 Å². The molecule has 4 heteroatoms. The first-order valence-electron chi connectivity index (χ1n) is 7.65. The Hall–Kier alpha value is -2.02. The van der Waals surface area contributed by atoms with Crippen LogP contribution in [-0.2, 0) is 6.54 Å². The Labute approximate surface area is 127 Å². The molecule has 0 heterocycles. The van der Waals surface area contributed by atoms with Gasteiger partial charge < -0.3 is 10.6 Å². The number of hydrogen-bond donors (Lipinski definition) is 2. The van der Waals surface area contributed by atoms with Crippen molar-refractivity contribution in [3.63, 3.8) is 0 Å². The number of nitrogens with one attached hydrogen (secondary N) is 2. The minimum absolute atomic E-state index is 0.478.